The van der Waals surface area contributed by atoms with Crippen LogP contribution in [0.1, 0.15) is 27.6 Å². The summed E-state index contributed by atoms with van der Waals surface area (Å²) >= 11 is 2.77. The number of anilines is 2. The van der Waals surface area contributed by atoms with Crippen molar-refractivity contribution in [3.8, 4) is 11.3 Å². The first kappa shape index (κ1) is 26.1. The van der Waals surface area contributed by atoms with Crippen LogP contribution in [0.3, 0.4) is 0 Å². The molecule has 0 aliphatic heterocycles. The van der Waals surface area contributed by atoms with Crippen LogP contribution in [0.2, 0.25) is 0 Å². The zero-order chi connectivity index (χ0) is 27.4. The highest BCUT2D eigenvalue weighted by Crippen LogP contribution is 2.29. The van der Waals surface area contributed by atoms with Crippen molar-refractivity contribution < 1.29 is 19.5 Å². The number of thioether (sulfide) groups is 1. The fourth-order valence-electron chi connectivity index (χ4n) is 4.06. The van der Waals surface area contributed by atoms with Gasteiger partial charge in [-0.2, -0.15) is 0 Å². The number of benzene rings is 4. The van der Waals surface area contributed by atoms with Gasteiger partial charge in [0, 0.05) is 32.5 Å². The maximum absolute atomic E-state index is 13.1. The molecule has 9 heteroatoms. The number of amides is 2. The van der Waals surface area contributed by atoms with Crippen molar-refractivity contribution in [1.29, 1.82) is 0 Å². The van der Waals surface area contributed by atoms with Gasteiger partial charge in [0.05, 0.1) is 16.5 Å². The second-order valence-corrected chi connectivity index (χ2v) is 10.9. The smallest absolute Gasteiger partial charge is 0.336 e. The molecule has 5 rings (SSSR count). The first-order valence-electron chi connectivity index (χ1n) is 12.0. The standard InChI is InChI=1S/C30H23N3O4S2/c1-18(27(34)33-30-32-25(17-38-30)19-7-3-2-4-8-19)39-22-15-13-21(14-16-22)31-28(35)23-11-5-9-20-10-6-12-24(26(20)23)29(36)37/h2-18H,1H3,(H,31,35)(H,36,37)(H,32,33,34). The van der Waals surface area contributed by atoms with Gasteiger partial charge in [0.1, 0.15) is 0 Å². The highest BCUT2D eigenvalue weighted by atomic mass is 32.2. The van der Waals surface area contributed by atoms with Crippen LogP contribution in [-0.4, -0.2) is 33.1 Å². The number of rotatable bonds is 8. The molecule has 0 aliphatic rings. The molecule has 5 aromatic rings. The molecular weight excluding hydrogens is 530 g/mol. The lowest BCUT2D eigenvalue weighted by Crippen LogP contribution is -2.22. The minimum atomic E-state index is -1.09. The van der Waals surface area contributed by atoms with E-state index in [1.165, 1.54) is 29.2 Å². The van der Waals surface area contributed by atoms with Crippen molar-refractivity contribution in [3.05, 3.63) is 108 Å². The van der Waals surface area contributed by atoms with E-state index in [0.29, 0.717) is 21.6 Å². The molecule has 4 aromatic carbocycles. The summed E-state index contributed by atoms with van der Waals surface area (Å²) in [6, 6.07) is 27.0. The van der Waals surface area contributed by atoms with Crippen molar-refractivity contribution in [3.63, 3.8) is 0 Å². The number of carbonyl (C=O) groups excluding carboxylic acids is 2. The summed E-state index contributed by atoms with van der Waals surface area (Å²) in [5.74, 6) is -1.65. The fourth-order valence-corrected chi connectivity index (χ4v) is 5.65. The Morgan fingerprint density at radius 2 is 1.54 bits per heavy atom. The number of carboxylic acid groups (broad SMARTS) is 1. The third-order valence-corrected chi connectivity index (χ3v) is 7.85. The highest BCUT2D eigenvalue weighted by Gasteiger charge is 2.18. The van der Waals surface area contributed by atoms with Crippen LogP contribution in [0.4, 0.5) is 10.8 Å². The zero-order valence-corrected chi connectivity index (χ0v) is 22.4. The van der Waals surface area contributed by atoms with Crippen molar-refractivity contribution in [2.75, 3.05) is 10.6 Å². The Kier molecular flexibility index (Phi) is 7.72. The number of nitrogens with zero attached hydrogens (tertiary/aromatic N) is 1. The molecule has 0 fully saturated rings. The van der Waals surface area contributed by atoms with E-state index < -0.39 is 11.9 Å². The number of hydrogen-bond donors (Lipinski definition) is 3. The summed E-state index contributed by atoms with van der Waals surface area (Å²) in [5, 5.41) is 18.5. The topological polar surface area (TPSA) is 108 Å². The molecular formula is C30H23N3O4S2. The van der Waals surface area contributed by atoms with E-state index in [1.54, 1.807) is 42.5 Å². The largest absolute Gasteiger partial charge is 0.478 e. The SMILES string of the molecule is CC(Sc1ccc(NC(=O)c2cccc3cccc(C(=O)O)c23)cc1)C(=O)Nc1nc(-c2ccccc2)cs1. The fraction of sp³-hybridized carbons (Fsp3) is 0.0667. The van der Waals surface area contributed by atoms with Crippen LogP contribution in [-0.2, 0) is 4.79 Å². The third-order valence-electron chi connectivity index (χ3n) is 5.98. The molecule has 3 N–H and O–H groups in total. The number of hydrogen-bond acceptors (Lipinski definition) is 6. The maximum atomic E-state index is 13.1. The lowest BCUT2D eigenvalue weighted by molar-refractivity contribution is -0.115. The molecule has 1 atom stereocenters. The predicted molar refractivity (Wildman–Crippen MR) is 157 cm³/mol. The Morgan fingerprint density at radius 3 is 2.23 bits per heavy atom. The van der Waals surface area contributed by atoms with Crippen molar-refractivity contribution >= 4 is 62.5 Å². The molecule has 0 saturated heterocycles. The van der Waals surface area contributed by atoms with Crippen LogP contribution in [0, 0.1) is 0 Å². The molecule has 1 aromatic heterocycles. The van der Waals surface area contributed by atoms with Gasteiger partial charge in [-0.05, 0) is 48.7 Å². The zero-order valence-electron chi connectivity index (χ0n) is 20.8. The van der Waals surface area contributed by atoms with Gasteiger partial charge in [-0.3, -0.25) is 9.59 Å². The van der Waals surface area contributed by atoms with Gasteiger partial charge >= 0.3 is 5.97 Å². The Labute approximate surface area is 232 Å². The molecule has 0 spiro atoms. The van der Waals surface area contributed by atoms with Gasteiger partial charge in [-0.1, -0.05) is 54.6 Å². The minimum absolute atomic E-state index is 0.0753. The number of nitrogens with one attached hydrogen (secondary N) is 2. The van der Waals surface area contributed by atoms with Gasteiger partial charge in [0.15, 0.2) is 5.13 Å². The Hall–Kier alpha value is -4.47. The predicted octanol–water partition coefficient (Wildman–Crippen LogP) is 7.03. The Morgan fingerprint density at radius 1 is 0.846 bits per heavy atom. The number of fused-ring (bicyclic) bond motifs is 1. The number of aromatic carboxylic acids is 1. The number of carbonyl (C=O) groups is 3. The lowest BCUT2D eigenvalue weighted by Gasteiger charge is -2.12. The molecule has 0 radical (unpaired) electrons. The average molecular weight is 554 g/mol. The minimum Gasteiger partial charge on any atom is -0.478 e. The van der Waals surface area contributed by atoms with Gasteiger partial charge in [0.2, 0.25) is 5.91 Å². The van der Waals surface area contributed by atoms with Gasteiger partial charge in [-0.15, -0.1) is 23.1 Å². The van der Waals surface area contributed by atoms with Crippen molar-refractivity contribution in [2.24, 2.45) is 0 Å². The third kappa shape index (κ3) is 6.00. The maximum Gasteiger partial charge on any atom is 0.336 e. The van der Waals surface area contributed by atoms with Gasteiger partial charge in [-0.25, -0.2) is 9.78 Å². The monoisotopic (exact) mass is 553 g/mol. The first-order valence-corrected chi connectivity index (χ1v) is 13.8. The molecule has 2 amide bonds. The summed E-state index contributed by atoms with van der Waals surface area (Å²) < 4.78 is 0. The quantitative estimate of drug-likeness (QED) is 0.178. The van der Waals surface area contributed by atoms with Crippen molar-refractivity contribution in [1.82, 2.24) is 4.98 Å². The van der Waals surface area contributed by atoms with E-state index in [1.807, 2.05) is 54.8 Å². The lowest BCUT2D eigenvalue weighted by atomic mass is 9.98. The Balaban J connectivity index is 1.22. The van der Waals surface area contributed by atoms with Crippen LogP contribution < -0.4 is 10.6 Å². The molecule has 7 nitrogen and oxygen atoms in total. The number of carboxylic acids is 1. The van der Waals surface area contributed by atoms with Crippen molar-refractivity contribution in [2.45, 2.75) is 17.1 Å². The highest BCUT2D eigenvalue weighted by molar-refractivity contribution is 8.00. The van der Waals surface area contributed by atoms with Crippen LogP contribution >= 0.6 is 23.1 Å². The molecule has 0 bridgehead atoms. The molecule has 39 heavy (non-hydrogen) atoms. The summed E-state index contributed by atoms with van der Waals surface area (Å²) in [7, 11) is 0. The summed E-state index contributed by atoms with van der Waals surface area (Å²) in [6.07, 6.45) is 0. The Bertz CT molecular complexity index is 1660. The molecule has 194 valence electrons. The summed E-state index contributed by atoms with van der Waals surface area (Å²) in [4.78, 5) is 42.9. The van der Waals surface area contributed by atoms with Gasteiger partial charge in [0.25, 0.3) is 5.91 Å². The number of thiazole rings is 1. The molecule has 1 heterocycles. The first-order chi connectivity index (χ1) is 18.9. The summed E-state index contributed by atoms with van der Waals surface area (Å²) in [5.41, 5.74) is 2.73. The van der Waals surface area contributed by atoms with Crippen LogP contribution in [0.15, 0.2) is 101 Å². The van der Waals surface area contributed by atoms with E-state index in [9.17, 15) is 19.5 Å². The second-order valence-electron chi connectivity index (χ2n) is 8.65. The van der Waals surface area contributed by atoms with Crippen LogP contribution in [0.5, 0.6) is 0 Å². The molecule has 1 unspecified atom stereocenters. The number of aromatic nitrogens is 1. The molecule has 0 saturated carbocycles. The van der Waals surface area contributed by atoms with E-state index in [4.69, 9.17) is 0 Å². The van der Waals surface area contributed by atoms with E-state index in [0.717, 1.165) is 16.2 Å². The summed E-state index contributed by atoms with van der Waals surface area (Å²) in [6.45, 7) is 1.82. The average Bonchev–Trinajstić information content (AvgIpc) is 3.42. The van der Waals surface area contributed by atoms with E-state index in [-0.39, 0.29) is 22.3 Å². The van der Waals surface area contributed by atoms with E-state index in [2.05, 4.69) is 15.6 Å². The molecule has 0 aliphatic carbocycles. The van der Waals surface area contributed by atoms with Crippen LogP contribution in [0.25, 0.3) is 22.0 Å². The second kappa shape index (κ2) is 11.5. The van der Waals surface area contributed by atoms with Gasteiger partial charge < -0.3 is 15.7 Å². The normalized spacial score (nSPS) is 11.6. The van der Waals surface area contributed by atoms with E-state index >= 15 is 0 Å².